The van der Waals surface area contributed by atoms with Crippen LogP contribution in [-0.2, 0) is 9.47 Å². The average molecular weight is 473 g/mol. The third-order valence-corrected chi connectivity index (χ3v) is 5.52. The molecule has 0 atom stereocenters. The zero-order valence-corrected chi connectivity index (χ0v) is 18.3. The maximum absolute atomic E-state index is 12.5. The molecule has 1 fully saturated rings. The highest BCUT2D eigenvalue weighted by Gasteiger charge is 2.37. The Morgan fingerprint density at radius 3 is 2.15 bits per heavy atom. The molecule has 1 amide bonds. The number of benzene rings is 1. The molecule has 6 heteroatoms. The molecule has 1 aliphatic heterocycles. The van der Waals surface area contributed by atoms with E-state index in [1.54, 1.807) is 11.0 Å². The van der Waals surface area contributed by atoms with Crippen molar-refractivity contribution in [2.24, 2.45) is 5.92 Å². The number of esters is 1. The summed E-state index contributed by atoms with van der Waals surface area (Å²) in [5, 5.41) is 0. The second kappa shape index (κ2) is 8.15. The van der Waals surface area contributed by atoms with Gasteiger partial charge in [-0.25, -0.2) is 9.59 Å². The summed E-state index contributed by atoms with van der Waals surface area (Å²) in [7, 11) is 0. The van der Waals surface area contributed by atoms with Crippen LogP contribution in [0.3, 0.4) is 0 Å². The third kappa shape index (κ3) is 5.59. The minimum absolute atomic E-state index is 0.200. The summed E-state index contributed by atoms with van der Waals surface area (Å²) in [6, 6.07) is 7.41. The first-order valence-corrected chi connectivity index (χ1v) is 10.0. The van der Waals surface area contributed by atoms with Gasteiger partial charge in [-0.3, -0.25) is 0 Å². The molecule has 0 spiro atoms. The molecule has 0 aromatic heterocycles. The van der Waals surface area contributed by atoms with Crippen LogP contribution in [0.5, 0.6) is 0 Å². The standard InChI is InChI=1S/C20H28INO4/c1-19(2,3)26-18(24)22-12-10-14(11-13-22)20(4,5)25-17(23)15-8-6-7-9-16(15)21/h6-9,14H,10-13H2,1-5H3. The van der Waals surface area contributed by atoms with E-state index in [9.17, 15) is 9.59 Å². The van der Waals surface area contributed by atoms with E-state index in [0.29, 0.717) is 18.7 Å². The van der Waals surface area contributed by atoms with Crippen molar-refractivity contribution in [3.8, 4) is 0 Å². The predicted molar refractivity (Wildman–Crippen MR) is 109 cm³/mol. The van der Waals surface area contributed by atoms with E-state index in [4.69, 9.17) is 9.47 Å². The number of piperidine rings is 1. The van der Waals surface area contributed by atoms with Crippen molar-refractivity contribution in [1.82, 2.24) is 4.90 Å². The molecule has 1 aliphatic rings. The molecule has 0 aliphatic carbocycles. The van der Waals surface area contributed by atoms with E-state index < -0.39 is 11.2 Å². The first kappa shape index (κ1) is 21.0. The second-order valence-corrected chi connectivity index (χ2v) is 9.38. The molecule has 0 radical (unpaired) electrons. The van der Waals surface area contributed by atoms with Crippen LogP contribution in [0, 0.1) is 9.49 Å². The van der Waals surface area contributed by atoms with Gasteiger partial charge in [0, 0.05) is 22.6 Å². The Morgan fingerprint density at radius 1 is 1.04 bits per heavy atom. The molecule has 0 unspecified atom stereocenters. The minimum Gasteiger partial charge on any atom is -0.456 e. The molecular formula is C20H28INO4. The van der Waals surface area contributed by atoms with Gasteiger partial charge in [0.05, 0.1) is 5.56 Å². The average Bonchev–Trinajstić information content (AvgIpc) is 2.53. The number of likely N-dealkylation sites (tertiary alicyclic amines) is 1. The third-order valence-electron chi connectivity index (χ3n) is 4.58. The number of ether oxygens (including phenoxy) is 2. The van der Waals surface area contributed by atoms with Gasteiger partial charge in [0.1, 0.15) is 11.2 Å². The van der Waals surface area contributed by atoms with Gasteiger partial charge in [0.25, 0.3) is 0 Å². The molecule has 5 nitrogen and oxygen atoms in total. The summed E-state index contributed by atoms with van der Waals surface area (Å²) in [6.07, 6.45) is 1.29. The lowest BCUT2D eigenvalue weighted by molar-refractivity contribution is -0.0478. The molecule has 1 aromatic rings. The van der Waals surface area contributed by atoms with Gasteiger partial charge in [-0.1, -0.05) is 12.1 Å². The molecule has 26 heavy (non-hydrogen) atoms. The van der Waals surface area contributed by atoms with Crippen molar-refractivity contribution in [2.75, 3.05) is 13.1 Å². The van der Waals surface area contributed by atoms with Crippen molar-refractivity contribution in [3.05, 3.63) is 33.4 Å². The lowest BCUT2D eigenvalue weighted by atomic mass is 9.83. The Bertz CT molecular complexity index is 658. The molecule has 0 N–H and O–H groups in total. The van der Waals surface area contributed by atoms with Gasteiger partial charge in [-0.05, 0) is 82.2 Å². The van der Waals surface area contributed by atoms with Gasteiger partial charge in [-0.2, -0.15) is 0 Å². The number of hydrogen-bond acceptors (Lipinski definition) is 4. The number of hydrogen-bond donors (Lipinski definition) is 0. The molecule has 1 saturated heterocycles. The van der Waals surface area contributed by atoms with Crippen LogP contribution >= 0.6 is 22.6 Å². The minimum atomic E-state index is -0.587. The normalized spacial score (nSPS) is 16.3. The SMILES string of the molecule is CC(C)(C)OC(=O)N1CCC(C(C)(C)OC(=O)c2ccccc2I)CC1. The zero-order valence-electron chi connectivity index (χ0n) is 16.2. The Labute approximate surface area is 169 Å². The van der Waals surface area contributed by atoms with E-state index in [2.05, 4.69) is 22.6 Å². The fourth-order valence-corrected chi connectivity index (χ4v) is 3.70. The maximum Gasteiger partial charge on any atom is 0.410 e. The molecule has 2 rings (SSSR count). The lowest BCUT2D eigenvalue weighted by Gasteiger charge is -2.40. The smallest absolute Gasteiger partial charge is 0.410 e. The van der Waals surface area contributed by atoms with Crippen LogP contribution < -0.4 is 0 Å². The highest BCUT2D eigenvalue weighted by molar-refractivity contribution is 14.1. The Morgan fingerprint density at radius 2 is 1.62 bits per heavy atom. The lowest BCUT2D eigenvalue weighted by Crippen LogP contribution is -2.47. The van der Waals surface area contributed by atoms with Crippen molar-refractivity contribution in [3.63, 3.8) is 0 Å². The van der Waals surface area contributed by atoms with Crippen molar-refractivity contribution < 1.29 is 19.1 Å². The Kier molecular flexibility index (Phi) is 6.58. The Hall–Kier alpha value is -1.31. The summed E-state index contributed by atoms with van der Waals surface area (Å²) in [5.41, 5.74) is -0.488. The topological polar surface area (TPSA) is 55.8 Å². The largest absolute Gasteiger partial charge is 0.456 e. The number of carbonyl (C=O) groups is 2. The van der Waals surface area contributed by atoms with Crippen LogP contribution in [0.2, 0.25) is 0 Å². The van der Waals surface area contributed by atoms with E-state index >= 15 is 0 Å². The van der Waals surface area contributed by atoms with Gasteiger partial charge in [0.15, 0.2) is 0 Å². The van der Waals surface area contributed by atoms with E-state index in [-0.39, 0.29) is 18.0 Å². The number of halogens is 1. The van der Waals surface area contributed by atoms with Crippen molar-refractivity contribution in [1.29, 1.82) is 0 Å². The first-order chi connectivity index (χ1) is 12.0. The molecule has 0 bridgehead atoms. The van der Waals surface area contributed by atoms with Gasteiger partial charge >= 0.3 is 12.1 Å². The highest BCUT2D eigenvalue weighted by Crippen LogP contribution is 2.32. The van der Waals surface area contributed by atoms with Crippen molar-refractivity contribution >= 4 is 34.7 Å². The highest BCUT2D eigenvalue weighted by atomic mass is 127. The number of amides is 1. The van der Waals surface area contributed by atoms with E-state index in [1.807, 2.05) is 52.8 Å². The van der Waals surface area contributed by atoms with E-state index in [1.165, 1.54) is 0 Å². The van der Waals surface area contributed by atoms with Crippen LogP contribution in [-0.4, -0.2) is 41.3 Å². The monoisotopic (exact) mass is 473 g/mol. The summed E-state index contributed by atoms with van der Waals surface area (Å²) in [6.45, 7) is 10.7. The van der Waals surface area contributed by atoms with Crippen LogP contribution in [0.4, 0.5) is 4.79 Å². The van der Waals surface area contributed by atoms with Gasteiger partial charge in [0.2, 0.25) is 0 Å². The fraction of sp³-hybridized carbons (Fsp3) is 0.600. The van der Waals surface area contributed by atoms with E-state index in [0.717, 1.165) is 16.4 Å². The predicted octanol–water partition coefficient (Wildman–Crippen LogP) is 4.87. The van der Waals surface area contributed by atoms with Gasteiger partial charge in [-0.15, -0.1) is 0 Å². The molecule has 0 saturated carbocycles. The maximum atomic E-state index is 12.5. The summed E-state index contributed by atoms with van der Waals surface area (Å²) in [4.78, 5) is 26.5. The summed E-state index contributed by atoms with van der Waals surface area (Å²) in [5.74, 6) is -0.0962. The van der Waals surface area contributed by atoms with Gasteiger partial charge < -0.3 is 14.4 Å². The Balaban J connectivity index is 1.94. The van der Waals surface area contributed by atoms with Crippen LogP contribution in [0.1, 0.15) is 57.8 Å². The summed E-state index contributed by atoms with van der Waals surface area (Å²) < 4.78 is 12.2. The molecular weight excluding hydrogens is 445 g/mol. The molecule has 1 heterocycles. The fourth-order valence-electron chi connectivity index (χ4n) is 3.09. The second-order valence-electron chi connectivity index (χ2n) is 8.21. The number of nitrogens with zero attached hydrogens (tertiary/aromatic N) is 1. The molecule has 144 valence electrons. The van der Waals surface area contributed by atoms with Crippen LogP contribution in [0.15, 0.2) is 24.3 Å². The van der Waals surface area contributed by atoms with Crippen molar-refractivity contribution in [2.45, 2.75) is 58.7 Å². The van der Waals surface area contributed by atoms with Crippen LogP contribution in [0.25, 0.3) is 0 Å². The quantitative estimate of drug-likeness (QED) is 0.464. The first-order valence-electron chi connectivity index (χ1n) is 8.95. The summed E-state index contributed by atoms with van der Waals surface area (Å²) >= 11 is 2.14. The number of carbonyl (C=O) groups excluding carboxylic acids is 2. The zero-order chi connectivity index (χ0) is 19.5. The molecule has 1 aromatic carbocycles. The number of rotatable bonds is 3.